The van der Waals surface area contributed by atoms with Crippen LogP contribution in [0, 0.1) is 12.8 Å². The smallest absolute Gasteiger partial charge is 0.408 e. The van der Waals surface area contributed by atoms with Crippen molar-refractivity contribution < 1.29 is 28.7 Å². The Morgan fingerprint density at radius 2 is 1.64 bits per heavy atom. The minimum Gasteiger partial charge on any atom is -0.468 e. The highest BCUT2D eigenvalue weighted by atomic mass is 16.6. The minimum atomic E-state index is -1.02. The molecule has 3 amide bonds. The molecule has 1 rings (SSSR count). The van der Waals surface area contributed by atoms with Crippen LogP contribution in [0.3, 0.4) is 0 Å². The van der Waals surface area contributed by atoms with Crippen LogP contribution in [-0.4, -0.2) is 60.1 Å². The predicted octanol–water partition coefficient (Wildman–Crippen LogP) is 3.89. The molecular weight excluding hydrogens is 462 g/mol. The summed E-state index contributed by atoms with van der Waals surface area (Å²) in [5.41, 5.74) is 0.715. The summed E-state index contributed by atoms with van der Waals surface area (Å²) in [5.74, 6) is -1.74. The second-order valence-electron chi connectivity index (χ2n) is 10.1. The van der Waals surface area contributed by atoms with Crippen molar-refractivity contribution in [3.8, 4) is 0 Å². The lowest BCUT2D eigenvalue weighted by Gasteiger charge is -2.39. The van der Waals surface area contributed by atoms with Crippen LogP contribution in [0.5, 0.6) is 0 Å². The first-order valence-corrected chi connectivity index (χ1v) is 12.5. The third kappa shape index (κ3) is 8.84. The van der Waals surface area contributed by atoms with Crippen LogP contribution in [0.25, 0.3) is 0 Å². The van der Waals surface area contributed by atoms with Crippen LogP contribution in [0.2, 0.25) is 0 Å². The van der Waals surface area contributed by atoms with Crippen molar-refractivity contribution in [3.05, 3.63) is 35.4 Å². The van der Waals surface area contributed by atoms with Crippen LogP contribution in [0.15, 0.2) is 24.3 Å². The van der Waals surface area contributed by atoms with Crippen LogP contribution < -0.4 is 10.6 Å². The van der Waals surface area contributed by atoms with Gasteiger partial charge in [0, 0.05) is 6.04 Å². The monoisotopic (exact) mass is 505 g/mol. The molecule has 0 saturated heterocycles. The summed E-state index contributed by atoms with van der Waals surface area (Å²) in [7, 11) is 1.24. The second-order valence-corrected chi connectivity index (χ2v) is 10.1. The number of nitrogens with zero attached hydrogens (tertiary/aromatic N) is 1. The number of amides is 3. The third-order valence-corrected chi connectivity index (χ3v) is 6.12. The van der Waals surface area contributed by atoms with Crippen LogP contribution in [-0.2, 0) is 23.9 Å². The van der Waals surface area contributed by atoms with E-state index in [0.29, 0.717) is 18.4 Å². The zero-order chi connectivity index (χ0) is 27.6. The molecule has 0 aliphatic rings. The van der Waals surface area contributed by atoms with E-state index in [9.17, 15) is 19.2 Å². The van der Waals surface area contributed by atoms with Crippen molar-refractivity contribution in [2.75, 3.05) is 13.7 Å². The Hall–Kier alpha value is -3.10. The first-order chi connectivity index (χ1) is 16.8. The fourth-order valence-electron chi connectivity index (χ4n) is 3.71. The fraction of sp³-hybridized carbons (Fsp3) is 0.630. The van der Waals surface area contributed by atoms with Crippen molar-refractivity contribution in [2.45, 2.75) is 92.0 Å². The van der Waals surface area contributed by atoms with Crippen LogP contribution in [0.4, 0.5) is 4.79 Å². The molecule has 36 heavy (non-hydrogen) atoms. The van der Waals surface area contributed by atoms with Gasteiger partial charge in [-0.1, -0.05) is 51.5 Å². The molecule has 0 spiro atoms. The summed E-state index contributed by atoms with van der Waals surface area (Å²) in [6.45, 7) is 14.4. The van der Waals surface area contributed by atoms with Crippen molar-refractivity contribution in [1.82, 2.24) is 15.5 Å². The third-order valence-electron chi connectivity index (χ3n) is 6.12. The Bertz CT molecular complexity index is 911. The summed E-state index contributed by atoms with van der Waals surface area (Å²) in [4.78, 5) is 53.6. The Morgan fingerprint density at radius 1 is 1.03 bits per heavy atom. The standard InChI is InChI=1S/C27H43N3O6/c1-10-17(3)22(29-26(34)36-27(6,7)8)25(33)30(19(5)11-2)23(20-15-13-12-14-18(20)4)24(32)28-16-21(31)35-9/h12-15,17,19,22-23H,10-11,16H2,1-9H3,(H,28,32)(H,29,34). The molecular formula is C27H43N3O6. The molecule has 202 valence electrons. The zero-order valence-electron chi connectivity index (χ0n) is 23.1. The fourth-order valence-corrected chi connectivity index (χ4v) is 3.71. The summed E-state index contributed by atoms with van der Waals surface area (Å²) in [6.07, 6.45) is 0.482. The van der Waals surface area contributed by atoms with Gasteiger partial charge in [0.2, 0.25) is 11.8 Å². The molecule has 1 aromatic rings. The molecule has 4 atom stereocenters. The topological polar surface area (TPSA) is 114 Å². The Kier molecular flexibility index (Phi) is 11.9. The first kappa shape index (κ1) is 30.9. The van der Waals surface area contributed by atoms with Crippen molar-refractivity contribution >= 4 is 23.9 Å². The quantitative estimate of drug-likeness (QED) is 0.441. The molecule has 2 N–H and O–H groups in total. The molecule has 0 bridgehead atoms. The number of nitrogens with one attached hydrogen (secondary N) is 2. The number of esters is 1. The zero-order valence-corrected chi connectivity index (χ0v) is 23.1. The molecule has 0 aliphatic carbocycles. The van der Waals surface area contributed by atoms with E-state index in [1.165, 1.54) is 12.0 Å². The highest BCUT2D eigenvalue weighted by Gasteiger charge is 2.40. The second kappa shape index (κ2) is 13.8. The van der Waals surface area contributed by atoms with E-state index >= 15 is 0 Å². The number of rotatable bonds is 11. The number of carbonyl (C=O) groups excluding carboxylic acids is 4. The van der Waals surface area contributed by atoms with E-state index in [2.05, 4.69) is 15.4 Å². The highest BCUT2D eigenvalue weighted by molar-refractivity contribution is 5.93. The van der Waals surface area contributed by atoms with Gasteiger partial charge in [-0.15, -0.1) is 0 Å². The summed E-state index contributed by atoms with van der Waals surface area (Å²) < 4.78 is 10.1. The van der Waals surface area contributed by atoms with Gasteiger partial charge >= 0.3 is 12.1 Å². The average molecular weight is 506 g/mol. The molecule has 0 aromatic heterocycles. The maximum atomic E-state index is 14.2. The maximum Gasteiger partial charge on any atom is 0.408 e. The van der Waals surface area contributed by atoms with Gasteiger partial charge < -0.3 is 25.0 Å². The van der Waals surface area contributed by atoms with E-state index in [1.54, 1.807) is 32.9 Å². The summed E-state index contributed by atoms with van der Waals surface area (Å²) in [6, 6.07) is 5.01. The van der Waals surface area contributed by atoms with E-state index < -0.39 is 41.6 Å². The Morgan fingerprint density at radius 3 is 2.14 bits per heavy atom. The van der Waals surface area contributed by atoms with E-state index in [0.717, 1.165) is 5.56 Å². The largest absolute Gasteiger partial charge is 0.468 e. The van der Waals surface area contributed by atoms with Gasteiger partial charge in [0.15, 0.2) is 0 Å². The van der Waals surface area contributed by atoms with Crippen molar-refractivity contribution in [1.29, 1.82) is 0 Å². The van der Waals surface area contributed by atoms with Crippen LogP contribution >= 0.6 is 0 Å². The van der Waals surface area contributed by atoms with Crippen LogP contribution in [0.1, 0.15) is 78.5 Å². The number of hydrogen-bond acceptors (Lipinski definition) is 6. The van der Waals surface area contributed by atoms with Gasteiger partial charge in [0.05, 0.1) is 7.11 Å². The molecule has 0 aliphatic heterocycles. The lowest BCUT2D eigenvalue weighted by atomic mass is 9.93. The minimum absolute atomic E-state index is 0.229. The van der Waals surface area contributed by atoms with Gasteiger partial charge in [0.25, 0.3) is 0 Å². The number of methoxy groups -OCH3 is 1. The molecule has 0 saturated carbocycles. The van der Waals surface area contributed by atoms with Crippen molar-refractivity contribution in [2.24, 2.45) is 5.92 Å². The predicted molar refractivity (Wildman–Crippen MR) is 138 cm³/mol. The summed E-state index contributed by atoms with van der Waals surface area (Å²) >= 11 is 0. The van der Waals surface area contributed by atoms with E-state index in [4.69, 9.17) is 4.74 Å². The SMILES string of the molecule is CCC(C)C(NC(=O)OC(C)(C)C)C(=O)N(C(C)CC)C(C(=O)NCC(=O)OC)c1ccccc1C. The van der Waals surface area contributed by atoms with E-state index in [1.807, 2.05) is 46.8 Å². The number of carbonyl (C=O) groups is 4. The highest BCUT2D eigenvalue weighted by Crippen LogP contribution is 2.29. The molecule has 1 aromatic carbocycles. The molecule has 9 nitrogen and oxygen atoms in total. The normalized spacial score (nSPS) is 14.6. The molecule has 0 heterocycles. The lowest BCUT2D eigenvalue weighted by Crippen LogP contribution is -2.57. The first-order valence-electron chi connectivity index (χ1n) is 12.5. The maximum absolute atomic E-state index is 14.2. The number of hydrogen-bond donors (Lipinski definition) is 2. The number of benzene rings is 1. The Labute approximate surface area is 215 Å². The number of aryl methyl sites for hydroxylation is 1. The molecule has 4 unspecified atom stereocenters. The lowest BCUT2D eigenvalue weighted by molar-refractivity contribution is -0.147. The van der Waals surface area contributed by atoms with E-state index in [-0.39, 0.29) is 18.5 Å². The van der Waals surface area contributed by atoms with Gasteiger partial charge in [-0.05, 0) is 58.1 Å². The number of ether oxygens (including phenoxy) is 2. The number of alkyl carbamates (subject to hydrolysis) is 1. The van der Waals surface area contributed by atoms with Gasteiger partial charge in [0.1, 0.15) is 24.2 Å². The van der Waals surface area contributed by atoms with Gasteiger partial charge in [-0.2, -0.15) is 0 Å². The molecule has 0 radical (unpaired) electrons. The Balaban J connectivity index is 3.56. The average Bonchev–Trinajstić information content (AvgIpc) is 2.82. The molecule has 9 heteroatoms. The van der Waals surface area contributed by atoms with Gasteiger partial charge in [-0.25, -0.2) is 4.79 Å². The summed E-state index contributed by atoms with van der Waals surface area (Å²) in [5, 5.41) is 5.35. The molecule has 0 fully saturated rings. The van der Waals surface area contributed by atoms with Crippen molar-refractivity contribution in [3.63, 3.8) is 0 Å². The van der Waals surface area contributed by atoms with Gasteiger partial charge in [-0.3, -0.25) is 14.4 Å².